The van der Waals surface area contributed by atoms with Gasteiger partial charge in [0.05, 0.1) is 6.61 Å². The molecule has 0 rings (SSSR count). The Morgan fingerprint density at radius 2 is 1.75 bits per heavy atom. The van der Waals surface area contributed by atoms with Crippen LogP contribution in [0.2, 0.25) is 0 Å². The minimum Gasteiger partial charge on any atom is -0.462 e. The summed E-state index contributed by atoms with van der Waals surface area (Å²) in [7, 11) is -4.64. The van der Waals surface area contributed by atoms with Crippen LogP contribution < -0.4 is 0 Å². The van der Waals surface area contributed by atoms with Crippen LogP contribution in [-0.4, -0.2) is 41.0 Å². The summed E-state index contributed by atoms with van der Waals surface area (Å²) in [4.78, 5) is 37.9. The zero-order chi connectivity index (χ0) is 12.8. The van der Waals surface area contributed by atoms with E-state index in [9.17, 15) is 14.2 Å². The molecule has 0 aliphatic heterocycles. The van der Waals surface area contributed by atoms with Gasteiger partial charge in [0, 0.05) is 13.8 Å². The fraction of sp³-hybridized carbons (Fsp3) is 0.714. The van der Waals surface area contributed by atoms with Gasteiger partial charge in [-0.25, -0.2) is 4.57 Å². The van der Waals surface area contributed by atoms with Gasteiger partial charge in [0.15, 0.2) is 6.10 Å². The van der Waals surface area contributed by atoms with E-state index in [0.717, 1.165) is 13.8 Å². The van der Waals surface area contributed by atoms with Gasteiger partial charge in [0.1, 0.15) is 6.61 Å². The molecular weight excluding hydrogens is 243 g/mol. The van der Waals surface area contributed by atoms with Crippen LogP contribution in [0.25, 0.3) is 0 Å². The number of carbonyl (C=O) groups is 2. The average Bonchev–Trinajstić information content (AvgIpc) is 2.07. The number of carbonyl (C=O) groups excluding carboxylic acids is 2. The third-order valence-corrected chi connectivity index (χ3v) is 1.72. The maximum Gasteiger partial charge on any atom is 0.469 e. The molecule has 0 saturated carbocycles. The van der Waals surface area contributed by atoms with Gasteiger partial charge in [-0.3, -0.25) is 14.1 Å². The Morgan fingerprint density at radius 3 is 2.12 bits per heavy atom. The highest BCUT2D eigenvalue weighted by Crippen LogP contribution is 2.35. The molecule has 94 valence electrons. The number of hydrogen-bond acceptors (Lipinski definition) is 6. The molecule has 0 fully saturated rings. The van der Waals surface area contributed by atoms with E-state index in [2.05, 4.69) is 14.0 Å². The molecule has 0 bridgehead atoms. The summed E-state index contributed by atoms with van der Waals surface area (Å²) >= 11 is 0. The van der Waals surface area contributed by atoms with Crippen LogP contribution in [0, 0.1) is 0 Å². The molecule has 16 heavy (non-hydrogen) atoms. The van der Waals surface area contributed by atoms with Gasteiger partial charge >= 0.3 is 19.8 Å². The fourth-order valence-corrected chi connectivity index (χ4v) is 1.10. The van der Waals surface area contributed by atoms with Crippen molar-refractivity contribution in [1.82, 2.24) is 0 Å². The normalized spacial score (nSPS) is 13.0. The Hall–Kier alpha value is -0.950. The van der Waals surface area contributed by atoms with Crippen molar-refractivity contribution in [1.29, 1.82) is 0 Å². The molecule has 1 atom stereocenters. The zero-order valence-electron chi connectivity index (χ0n) is 8.78. The van der Waals surface area contributed by atoms with Crippen LogP contribution >= 0.6 is 7.82 Å². The summed E-state index contributed by atoms with van der Waals surface area (Å²) in [5.41, 5.74) is 0. The van der Waals surface area contributed by atoms with Crippen molar-refractivity contribution in [2.75, 3.05) is 13.2 Å². The summed E-state index contributed by atoms with van der Waals surface area (Å²) in [5.74, 6) is -1.28. The first-order chi connectivity index (χ1) is 7.20. The lowest BCUT2D eigenvalue weighted by Gasteiger charge is -2.16. The van der Waals surface area contributed by atoms with Gasteiger partial charge in [-0.15, -0.1) is 0 Å². The first-order valence-corrected chi connectivity index (χ1v) is 5.74. The predicted octanol–water partition coefficient (Wildman–Crippen LogP) is -0.410. The van der Waals surface area contributed by atoms with Gasteiger partial charge in [-0.1, -0.05) is 0 Å². The summed E-state index contributed by atoms with van der Waals surface area (Å²) in [5, 5.41) is 0. The van der Waals surface area contributed by atoms with Gasteiger partial charge < -0.3 is 19.3 Å². The smallest absolute Gasteiger partial charge is 0.462 e. The molecule has 0 aliphatic rings. The quantitative estimate of drug-likeness (QED) is 0.486. The maximum atomic E-state index is 10.6. The highest BCUT2D eigenvalue weighted by Gasteiger charge is 2.21. The van der Waals surface area contributed by atoms with E-state index in [1.165, 1.54) is 0 Å². The van der Waals surface area contributed by atoms with E-state index in [1.54, 1.807) is 0 Å². The molecule has 0 aliphatic carbocycles. The fourth-order valence-electron chi connectivity index (χ4n) is 0.741. The third-order valence-electron chi connectivity index (χ3n) is 1.23. The van der Waals surface area contributed by atoms with Crippen molar-refractivity contribution in [3.8, 4) is 0 Å². The highest BCUT2D eigenvalue weighted by atomic mass is 31.2. The first-order valence-electron chi connectivity index (χ1n) is 4.21. The van der Waals surface area contributed by atoms with E-state index in [-0.39, 0.29) is 6.61 Å². The summed E-state index contributed by atoms with van der Waals surface area (Å²) in [6, 6.07) is 0. The molecule has 0 saturated heterocycles. The molecule has 9 heteroatoms. The summed E-state index contributed by atoms with van der Waals surface area (Å²) in [6.45, 7) is 1.37. The van der Waals surface area contributed by atoms with Crippen LogP contribution in [0.15, 0.2) is 0 Å². The largest absolute Gasteiger partial charge is 0.469 e. The summed E-state index contributed by atoms with van der Waals surface area (Å²) in [6.07, 6.45) is -1.05. The van der Waals surface area contributed by atoms with Crippen molar-refractivity contribution < 1.29 is 37.9 Å². The Kier molecular flexibility index (Phi) is 6.20. The Balaban J connectivity index is 4.15. The number of phosphoric acid groups is 1. The van der Waals surface area contributed by atoms with E-state index in [1.807, 2.05) is 0 Å². The SMILES string of the molecule is CC(=O)OCC(COP(=O)(O)O)OC(C)=O. The molecular formula is C7H13O8P. The molecule has 0 aromatic rings. The second kappa shape index (κ2) is 6.59. The summed E-state index contributed by atoms with van der Waals surface area (Å²) < 4.78 is 23.6. The predicted molar refractivity (Wildman–Crippen MR) is 50.2 cm³/mol. The molecule has 0 amide bonds. The highest BCUT2D eigenvalue weighted by molar-refractivity contribution is 7.46. The number of ether oxygens (including phenoxy) is 2. The first kappa shape index (κ1) is 15.0. The molecule has 8 nitrogen and oxygen atoms in total. The Labute approximate surface area is 91.7 Å². The minimum absolute atomic E-state index is 0.324. The van der Waals surface area contributed by atoms with E-state index < -0.39 is 32.5 Å². The Bertz CT molecular complexity index is 295. The van der Waals surface area contributed by atoms with Crippen LogP contribution in [0.3, 0.4) is 0 Å². The topological polar surface area (TPSA) is 119 Å². The Morgan fingerprint density at radius 1 is 1.19 bits per heavy atom. The van der Waals surface area contributed by atoms with Crippen molar-refractivity contribution in [3.05, 3.63) is 0 Å². The van der Waals surface area contributed by atoms with Crippen molar-refractivity contribution in [2.45, 2.75) is 20.0 Å². The lowest BCUT2D eigenvalue weighted by atomic mass is 10.4. The monoisotopic (exact) mass is 256 g/mol. The molecule has 1 unspecified atom stereocenters. The second-order valence-corrected chi connectivity index (χ2v) is 4.06. The minimum atomic E-state index is -4.64. The molecule has 0 aromatic heterocycles. The lowest BCUT2D eigenvalue weighted by Crippen LogP contribution is -2.28. The van der Waals surface area contributed by atoms with Gasteiger partial charge in [-0.2, -0.15) is 0 Å². The van der Waals surface area contributed by atoms with Crippen molar-refractivity contribution in [2.24, 2.45) is 0 Å². The van der Waals surface area contributed by atoms with E-state index in [4.69, 9.17) is 9.79 Å². The third kappa shape index (κ3) is 9.60. The van der Waals surface area contributed by atoms with Crippen LogP contribution in [0.4, 0.5) is 0 Å². The van der Waals surface area contributed by atoms with Gasteiger partial charge in [0.25, 0.3) is 0 Å². The van der Waals surface area contributed by atoms with Gasteiger partial charge in [0.2, 0.25) is 0 Å². The average molecular weight is 256 g/mol. The standard InChI is InChI=1S/C7H13O8P/c1-5(8)13-3-7(15-6(2)9)4-14-16(10,11)12/h7H,3-4H2,1-2H3,(H2,10,11,12). The lowest BCUT2D eigenvalue weighted by molar-refractivity contribution is -0.158. The second-order valence-electron chi connectivity index (χ2n) is 2.82. The molecule has 2 N–H and O–H groups in total. The molecule has 0 radical (unpaired) electrons. The van der Waals surface area contributed by atoms with Crippen LogP contribution in [-0.2, 0) is 28.2 Å². The maximum absolute atomic E-state index is 10.6. The number of hydrogen-bond donors (Lipinski definition) is 2. The number of esters is 2. The van der Waals surface area contributed by atoms with E-state index >= 15 is 0 Å². The molecule has 0 heterocycles. The van der Waals surface area contributed by atoms with Crippen LogP contribution in [0.5, 0.6) is 0 Å². The van der Waals surface area contributed by atoms with Gasteiger partial charge in [-0.05, 0) is 0 Å². The molecule has 0 aromatic carbocycles. The zero-order valence-corrected chi connectivity index (χ0v) is 9.68. The van der Waals surface area contributed by atoms with E-state index in [0.29, 0.717) is 0 Å². The van der Waals surface area contributed by atoms with Crippen molar-refractivity contribution >= 4 is 19.8 Å². The molecule has 0 spiro atoms. The van der Waals surface area contributed by atoms with Crippen LogP contribution in [0.1, 0.15) is 13.8 Å². The van der Waals surface area contributed by atoms with Crippen molar-refractivity contribution in [3.63, 3.8) is 0 Å². The number of rotatable bonds is 6. The number of phosphoric ester groups is 1.